The smallest absolute Gasteiger partial charge is 0.306 e. The van der Waals surface area contributed by atoms with Crippen molar-refractivity contribution in [3.8, 4) is 0 Å². The fourth-order valence-corrected chi connectivity index (χ4v) is 4.26. The van der Waals surface area contributed by atoms with Gasteiger partial charge in [0.1, 0.15) is 5.54 Å². The number of benzene rings is 2. The molecule has 0 aliphatic carbocycles. The maximum atomic E-state index is 13.2. The Labute approximate surface area is 193 Å². The molecule has 2 aromatic rings. The number of nitrogens with zero attached hydrogens (tertiary/aromatic N) is 1. The number of carbonyl (C=O) groups is 3. The van der Waals surface area contributed by atoms with E-state index in [4.69, 9.17) is 4.74 Å². The van der Waals surface area contributed by atoms with Crippen LogP contribution in [0.1, 0.15) is 32.8 Å². The third kappa shape index (κ3) is 5.07. The van der Waals surface area contributed by atoms with Gasteiger partial charge in [0.15, 0.2) is 6.10 Å². The summed E-state index contributed by atoms with van der Waals surface area (Å²) in [5, 5.41) is 2.79. The fraction of sp³-hybridized carbons (Fsp3) is 0.348. The third-order valence-electron chi connectivity index (χ3n) is 5.50. The highest BCUT2D eigenvalue weighted by molar-refractivity contribution is 7.89. The van der Waals surface area contributed by atoms with Gasteiger partial charge in [0.05, 0.1) is 16.3 Å². The molecule has 1 aliphatic rings. The van der Waals surface area contributed by atoms with Gasteiger partial charge in [-0.3, -0.25) is 19.3 Å². The number of amides is 2. The zero-order valence-electron chi connectivity index (χ0n) is 18.9. The van der Waals surface area contributed by atoms with Crippen molar-refractivity contribution >= 4 is 39.2 Å². The van der Waals surface area contributed by atoms with Crippen molar-refractivity contribution in [2.75, 3.05) is 17.3 Å². The van der Waals surface area contributed by atoms with E-state index >= 15 is 0 Å². The number of nitrogens with one attached hydrogen (secondary N) is 2. The van der Waals surface area contributed by atoms with Crippen molar-refractivity contribution < 1.29 is 27.5 Å². The Hall–Kier alpha value is -3.24. The van der Waals surface area contributed by atoms with Gasteiger partial charge in [-0.05, 0) is 64.1 Å². The molecule has 2 amide bonds. The Morgan fingerprint density at radius 2 is 1.76 bits per heavy atom. The van der Waals surface area contributed by atoms with Crippen molar-refractivity contribution in [3.05, 3.63) is 54.1 Å². The summed E-state index contributed by atoms with van der Waals surface area (Å²) < 4.78 is 31.2. The molecule has 0 saturated heterocycles. The lowest BCUT2D eigenvalue weighted by Gasteiger charge is -2.42. The Kier molecular flexibility index (Phi) is 6.89. The van der Waals surface area contributed by atoms with E-state index in [0.29, 0.717) is 17.8 Å². The minimum absolute atomic E-state index is 0.0101. The molecule has 1 heterocycles. The summed E-state index contributed by atoms with van der Waals surface area (Å²) >= 11 is 0. The third-order valence-corrected chi connectivity index (χ3v) is 6.93. The highest BCUT2D eigenvalue weighted by Gasteiger charge is 2.45. The van der Waals surface area contributed by atoms with Crippen LogP contribution in [0.2, 0.25) is 0 Å². The van der Waals surface area contributed by atoms with E-state index in [1.54, 1.807) is 50.2 Å². The lowest BCUT2D eigenvalue weighted by Crippen LogP contribution is -2.60. The van der Waals surface area contributed by atoms with E-state index in [9.17, 15) is 22.8 Å². The topological polar surface area (TPSA) is 122 Å². The molecule has 0 saturated carbocycles. The summed E-state index contributed by atoms with van der Waals surface area (Å²) in [7, 11) is -2.20. The van der Waals surface area contributed by atoms with Crippen molar-refractivity contribution in [3.63, 3.8) is 0 Å². The zero-order chi connectivity index (χ0) is 24.4. The number of esters is 1. The predicted molar refractivity (Wildman–Crippen MR) is 123 cm³/mol. The molecule has 3 rings (SSSR count). The monoisotopic (exact) mass is 473 g/mol. The normalized spacial score (nSPS) is 15.9. The van der Waals surface area contributed by atoms with Crippen LogP contribution in [0.4, 0.5) is 11.4 Å². The van der Waals surface area contributed by atoms with Crippen LogP contribution in [0.5, 0.6) is 0 Å². The number of fused-ring (bicyclic) bond motifs is 1. The van der Waals surface area contributed by atoms with E-state index in [1.165, 1.54) is 31.0 Å². The minimum atomic E-state index is -3.53. The molecule has 0 fully saturated rings. The molecule has 0 spiro atoms. The van der Waals surface area contributed by atoms with Crippen molar-refractivity contribution in [1.82, 2.24) is 4.72 Å². The number of hydrogen-bond acceptors (Lipinski definition) is 6. The predicted octanol–water partition coefficient (Wildman–Crippen LogP) is 2.22. The van der Waals surface area contributed by atoms with Crippen molar-refractivity contribution in [2.24, 2.45) is 0 Å². The second-order valence-corrected chi connectivity index (χ2v) is 10.1. The summed E-state index contributed by atoms with van der Waals surface area (Å²) in [6, 6.07) is 13.1. The Balaban J connectivity index is 1.65. The quantitative estimate of drug-likeness (QED) is 0.595. The molecule has 33 heavy (non-hydrogen) atoms. The number of anilines is 2. The van der Waals surface area contributed by atoms with Gasteiger partial charge in [-0.1, -0.05) is 24.3 Å². The standard InChI is InChI=1S/C23H27N3O6S/c1-15(21(28)26-19-8-6-5-7-18(19)25-22(29)23(26,2)3)32-20(27)14-11-16-9-12-17(13-10-16)33(30,31)24-4/h5-10,12-13,15,24H,11,14H2,1-4H3,(H,25,29)/t15-/m0/s1. The Morgan fingerprint density at radius 3 is 2.39 bits per heavy atom. The van der Waals surface area contributed by atoms with E-state index < -0.39 is 33.5 Å². The summed E-state index contributed by atoms with van der Waals surface area (Å²) in [5.74, 6) is -1.41. The lowest BCUT2D eigenvalue weighted by molar-refractivity contribution is -0.154. The van der Waals surface area contributed by atoms with Crippen molar-refractivity contribution in [2.45, 2.75) is 50.2 Å². The molecule has 176 valence electrons. The van der Waals surface area contributed by atoms with Gasteiger partial charge < -0.3 is 10.1 Å². The van der Waals surface area contributed by atoms with Crippen LogP contribution < -0.4 is 14.9 Å². The van der Waals surface area contributed by atoms with Crippen LogP contribution in [0.3, 0.4) is 0 Å². The first kappa shape index (κ1) is 24.4. The van der Waals surface area contributed by atoms with Gasteiger partial charge in [0, 0.05) is 6.42 Å². The van der Waals surface area contributed by atoms with E-state index in [-0.39, 0.29) is 17.2 Å². The van der Waals surface area contributed by atoms with Gasteiger partial charge in [-0.25, -0.2) is 13.1 Å². The minimum Gasteiger partial charge on any atom is -0.453 e. The number of carbonyl (C=O) groups excluding carboxylic acids is 3. The molecular weight excluding hydrogens is 446 g/mol. The molecule has 9 nitrogen and oxygen atoms in total. The van der Waals surface area contributed by atoms with Gasteiger partial charge in [0.2, 0.25) is 15.9 Å². The van der Waals surface area contributed by atoms with E-state index in [1.807, 2.05) is 0 Å². The molecule has 10 heteroatoms. The number of ether oxygens (including phenoxy) is 1. The molecule has 0 aromatic heterocycles. The van der Waals surface area contributed by atoms with E-state index in [2.05, 4.69) is 10.0 Å². The molecule has 1 atom stereocenters. The summed E-state index contributed by atoms with van der Waals surface area (Å²) in [6.45, 7) is 4.73. The van der Waals surface area contributed by atoms with Crippen LogP contribution in [0, 0.1) is 0 Å². The summed E-state index contributed by atoms with van der Waals surface area (Å²) in [5.41, 5.74) is 0.634. The maximum absolute atomic E-state index is 13.2. The first-order valence-corrected chi connectivity index (χ1v) is 11.9. The molecule has 2 N–H and O–H groups in total. The van der Waals surface area contributed by atoms with Crippen LogP contribution in [0.15, 0.2) is 53.4 Å². The molecule has 1 aliphatic heterocycles. The lowest BCUT2D eigenvalue weighted by atomic mass is 9.95. The molecule has 0 bridgehead atoms. The van der Waals surface area contributed by atoms with Gasteiger partial charge in [-0.15, -0.1) is 0 Å². The summed E-state index contributed by atoms with van der Waals surface area (Å²) in [4.78, 5) is 39.6. The summed E-state index contributed by atoms with van der Waals surface area (Å²) in [6.07, 6.45) is -0.769. The van der Waals surface area contributed by atoms with Crippen LogP contribution in [-0.2, 0) is 35.6 Å². The number of rotatable bonds is 7. The molecule has 0 radical (unpaired) electrons. The van der Waals surface area contributed by atoms with Gasteiger partial charge in [-0.2, -0.15) is 0 Å². The second-order valence-electron chi connectivity index (χ2n) is 8.19. The number of sulfonamides is 1. The number of hydrogen-bond donors (Lipinski definition) is 2. The van der Waals surface area contributed by atoms with Crippen LogP contribution >= 0.6 is 0 Å². The SMILES string of the molecule is CNS(=O)(=O)c1ccc(CCC(=O)O[C@@H](C)C(=O)N2c3ccccc3NC(=O)C2(C)C)cc1. The molecule has 0 unspecified atom stereocenters. The van der Waals surface area contributed by atoms with Gasteiger partial charge in [0.25, 0.3) is 5.91 Å². The first-order valence-electron chi connectivity index (χ1n) is 10.4. The fourth-order valence-electron chi connectivity index (χ4n) is 3.53. The Bertz CT molecular complexity index is 1170. The molecular formula is C23H27N3O6S. The highest BCUT2D eigenvalue weighted by atomic mass is 32.2. The largest absolute Gasteiger partial charge is 0.453 e. The number of aryl methyl sites for hydroxylation is 1. The first-order chi connectivity index (χ1) is 15.5. The highest BCUT2D eigenvalue weighted by Crippen LogP contribution is 2.37. The van der Waals surface area contributed by atoms with E-state index in [0.717, 1.165) is 5.56 Å². The molecule has 2 aromatic carbocycles. The van der Waals surface area contributed by atoms with Crippen LogP contribution in [-0.4, -0.2) is 44.9 Å². The van der Waals surface area contributed by atoms with Gasteiger partial charge >= 0.3 is 5.97 Å². The van der Waals surface area contributed by atoms with Crippen molar-refractivity contribution in [1.29, 1.82) is 0 Å². The average molecular weight is 474 g/mol. The Morgan fingerprint density at radius 1 is 1.12 bits per heavy atom. The number of para-hydroxylation sites is 2. The second kappa shape index (κ2) is 9.32. The average Bonchev–Trinajstić information content (AvgIpc) is 2.78. The van der Waals surface area contributed by atoms with Crippen LogP contribution in [0.25, 0.3) is 0 Å². The maximum Gasteiger partial charge on any atom is 0.306 e. The zero-order valence-corrected chi connectivity index (χ0v) is 19.7.